The maximum absolute atomic E-state index is 5.31. The molecule has 17 heavy (non-hydrogen) atoms. The van der Waals surface area contributed by atoms with E-state index in [0.29, 0.717) is 5.82 Å². The third-order valence-electron chi connectivity index (χ3n) is 4.21. The van der Waals surface area contributed by atoms with Gasteiger partial charge in [0.25, 0.3) is 0 Å². The van der Waals surface area contributed by atoms with Gasteiger partial charge in [-0.15, -0.1) is 0 Å². The Kier molecular flexibility index (Phi) is 2.84. The maximum atomic E-state index is 5.31. The number of hydrogen-bond donors (Lipinski definition) is 3. The Hall–Kier alpha value is -1.36. The van der Waals surface area contributed by atoms with Gasteiger partial charge in [0.05, 0.1) is 12.4 Å². The van der Waals surface area contributed by atoms with E-state index in [1.807, 2.05) is 0 Å². The molecule has 0 spiro atoms. The molecule has 3 rings (SSSR count). The molecule has 0 aliphatic heterocycles. The first-order valence-corrected chi connectivity index (χ1v) is 6.37. The van der Waals surface area contributed by atoms with Gasteiger partial charge in [-0.1, -0.05) is 6.42 Å². The summed E-state index contributed by atoms with van der Waals surface area (Å²) in [6.45, 7) is 1.02. The summed E-state index contributed by atoms with van der Waals surface area (Å²) in [6, 6.07) is 0. The lowest BCUT2D eigenvalue weighted by molar-refractivity contribution is 0.348. The molecule has 2 bridgehead atoms. The monoisotopic (exact) mass is 233 g/mol. The third-order valence-corrected chi connectivity index (χ3v) is 4.21. The summed E-state index contributed by atoms with van der Waals surface area (Å²) < 4.78 is 0. The molecule has 2 aliphatic rings. The van der Waals surface area contributed by atoms with Gasteiger partial charge < -0.3 is 10.7 Å². The number of aromatic nitrogens is 2. The van der Waals surface area contributed by atoms with Crippen LogP contribution in [0.3, 0.4) is 0 Å². The van der Waals surface area contributed by atoms with Gasteiger partial charge in [0.2, 0.25) is 0 Å². The van der Waals surface area contributed by atoms with Crippen molar-refractivity contribution in [3.8, 4) is 0 Å². The fourth-order valence-electron chi connectivity index (χ4n) is 3.38. The first-order valence-electron chi connectivity index (χ1n) is 6.37. The van der Waals surface area contributed by atoms with Crippen molar-refractivity contribution in [3.63, 3.8) is 0 Å². The molecule has 0 saturated heterocycles. The van der Waals surface area contributed by atoms with Crippen molar-refractivity contribution in [2.75, 3.05) is 17.3 Å². The van der Waals surface area contributed by atoms with Gasteiger partial charge in [-0.3, -0.25) is 4.98 Å². The number of rotatable bonds is 4. The van der Waals surface area contributed by atoms with E-state index in [1.165, 1.54) is 25.7 Å². The molecule has 3 atom stereocenters. The molecule has 2 fully saturated rings. The second kappa shape index (κ2) is 4.49. The number of anilines is 2. The number of nitrogens with one attached hydrogen (secondary N) is 2. The topological polar surface area (TPSA) is 75.9 Å². The van der Waals surface area contributed by atoms with Crippen molar-refractivity contribution >= 4 is 11.6 Å². The fourth-order valence-corrected chi connectivity index (χ4v) is 3.38. The Morgan fingerprint density at radius 3 is 2.82 bits per heavy atom. The van der Waals surface area contributed by atoms with E-state index >= 15 is 0 Å². The van der Waals surface area contributed by atoms with E-state index in [4.69, 9.17) is 5.84 Å². The average Bonchev–Trinajstić information content (AvgIpc) is 2.99. The summed E-state index contributed by atoms with van der Waals surface area (Å²) in [4.78, 5) is 8.39. The number of hydrogen-bond acceptors (Lipinski definition) is 5. The van der Waals surface area contributed by atoms with Crippen LogP contribution in [-0.4, -0.2) is 16.5 Å². The minimum absolute atomic E-state index is 0.600. The Morgan fingerprint density at radius 2 is 2.12 bits per heavy atom. The minimum Gasteiger partial charge on any atom is -0.368 e. The molecule has 0 amide bonds. The number of nitrogens with two attached hydrogens (primary N) is 1. The van der Waals surface area contributed by atoms with Crippen LogP contribution in [0.1, 0.15) is 25.7 Å². The van der Waals surface area contributed by atoms with Crippen LogP contribution in [0, 0.1) is 17.8 Å². The normalized spacial score (nSPS) is 30.5. The summed E-state index contributed by atoms with van der Waals surface area (Å²) in [5, 5.41) is 3.38. The molecule has 2 saturated carbocycles. The lowest BCUT2D eigenvalue weighted by Gasteiger charge is -2.22. The highest BCUT2D eigenvalue weighted by atomic mass is 15.3. The van der Waals surface area contributed by atoms with Gasteiger partial charge in [-0.25, -0.2) is 10.8 Å². The third kappa shape index (κ3) is 2.20. The smallest absolute Gasteiger partial charge is 0.160 e. The van der Waals surface area contributed by atoms with Crippen LogP contribution >= 0.6 is 0 Å². The Labute approximate surface area is 101 Å². The second-order valence-corrected chi connectivity index (χ2v) is 5.25. The van der Waals surface area contributed by atoms with Crippen LogP contribution in [0.5, 0.6) is 0 Å². The lowest BCUT2D eigenvalue weighted by Crippen LogP contribution is -2.21. The molecular weight excluding hydrogens is 214 g/mol. The minimum atomic E-state index is 0.600. The molecule has 4 N–H and O–H groups in total. The predicted molar refractivity (Wildman–Crippen MR) is 67.3 cm³/mol. The van der Waals surface area contributed by atoms with Crippen molar-refractivity contribution < 1.29 is 0 Å². The summed E-state index contributed by atoms with van der Waals surface area (Å²) >= 11 is 0. The first-order chi connectivity index (χ1) is 8.35. The zero-order valence-electron chi connectivity index (χ0n) is 9.89. The van der Waals surface area contributed by atoms with Gasteiger partial charge in [0.15, 0.2) is 5.82 Å². The molecule has 92 valence electrons. The zero-order valence-corrected chi connectivity index (χ0v) is 9.89. The number of fused-ring (bicyclic) bond motifs is 2. The Bertz CT molecular complexity index is 394. The summed E-state index contributed by atoms with van der Waals surface area (Å²) in [5.74, 6) is 9.48. The first kappa shape index (κ1) is 10.8. The highest BCUT2D eigenvalue weighted by molar-refractivity contribution is 5.40. The lowest BCUT2D eigenvalue weighted by atomic mass is 9.89. The van der Waals surface area contributed by atoms with Crippen LogP contribution in [0.15, 0.2) is 12.4 Å². The van der Waals surface area contributed by atoms with E-state index in [1.54, 1.807) is 12.4 Å². The molecule has 5 nitrogen and oxygen atoms in total. The van der Waals surface area contributed by atoms with Crippen LogP contribution < -0.4 is 16.6 Å². The van der Waals surface area contributed by atoms with E-state index in [2.05, 4.69) is 20.7 Å². The highest BCUT2D eigenvalue weighted by Gasteiger charge is 2.39. The van der Waals surface area contributed by atoms with E-state index < -0.39 is 0 Å². The Balaban J connectivity index is 1.56. The fraction of sp³-hybridized carbons (Fsp3) is 0.667. The van der Waals surface area contributed by atoms with Gasteiger partial charge in [-0.2, -0.15) is 0 Å². The van der Waals surface area contributed by atoms with Crippen LogP contribution in [0.2, 0.25) is 0 Å². The van der Waals surface area contributed by atoms with Crippen molar-refractivity contribution in [2.45, 2.75) is 25.7 Å². The number of nitrogens with zero attached hydrogens (tertiary/aromatic N) is 2. The van der Waals surface area contributed by atoms with Crippen molar-refractivity contribution in [2.24, 2.45) is 23.6 Å². The van der Waals surface area contributed by atoms with E-state index in [-0.39, 0.29) is 0 Å². The van der Waals surface area contributed by atoms with Crippen molar-refractivity contribution in [1.29, 1.82) is 0 Å². The maximum Gasteiger partial charge on any atom is 0.160 e. The molecule has 0 radical (unpaired) electrons. The van der Waals surface area contributed by atoms with Crippen LogP contribution in [0.4, 0.5) is 11.6 Å². The quantitative estimate of drug-likeness (QED) is 0.544. The second-order valence-electron chi connectivity index (χ2n) is 5.25. The van der Waals surface area contributed by atoms with Crippen molar-refractivity contribution in [1.82, 2.24) is 9.97 Å². The largest absolute Gasteiger partial charge is 0.368 e. The van der Waals surface area contributed by atoms with E-state index in [0.717, 1.165) is 30.1 Å². The molecule has 1 aromatic rings. The molecule has 3 unspecified atom stereocenters. The van der Waals surface area contributed by atoms with Crippen molar-refractivity contribution in [3.05, 3.63) is 12.4 Å². The number of nitrogen functional groups attached to an aromatic ring is 1. The molecule has 5 heteroatoms. The zero-order chi connectivity index (χ0) is 11.7. The van der Waals surface area contributed by atoms with Crippen LogP contribution in [-0.2, 0) is 0 Å². The summed E-state index contributed by atoms with van der Waals surface area (Å²) in [6.07, 6.45) is 9.07. The van der Waals surface area contributed by atoms with Gasteiger partial charge in [0.1, 0.15) is 5.82 Å². The summed E-state index contributed by atoms with van der Waals surface area (Å²) in [5.41, 5.74) is 2.51. The standard InChI is InChI=1S/C12H19N5/c13-17-12-7-14-6-11(16-12)15-5-10-4-8-1-2-9(10)3-8/h6-10H,1-5,13H2,(H2,15,16,17). The Morgan fingerprint density at radius 1 is 1.24 bits per heavy atom. The molecular formula is C12H19N5. The summed E-state index contributed by atoms with van der Waals surface area (Å²) in [7, 11) is 0. The molecule has 1 aromatic heterocycles. The van der Waals surface area contributed by atoms with Gasteiger partial charge in [-0.05, 0) is 37.0 Å². The number of hydrazine groups is 1. The highest BCUT2D eigenvalue weighted by Crippen LogP contribution is 2.48. The van der Waals surface area contributed by atoms with Crippen LogP contribution in [0.25, 0.3) is 0 Å². The predicted octanol–water partition coefficient (Wildman–Crippen LogP) is 1.61. The molecule has 0 aromatic carbocycles. The average molecular weight is 233 g/mol. The molecule has 2 aliphatic carbocycles. The van der Waals surface area contributed by atoms with E-state index in [9.17, 15) is 0 Å². The van der Waals surface area contributed by atoms with Gasteiger partial charge in [0, 0.05) is 6.54 Å². The molecule has 1 heterocycles. The SMILES string of the molecule is NNc1cncc(NCC2CC3CCC2C3)n1. The van der Waals surface area contributed by atoms with Gasteiger partial charge >= 0.3 is 0 Å².